The van der Waals surface area contributed by atoms with Crippen molar-refractivity contribution >= 4 is 29.6 Å². The van der Waals surface area contributed by atoms with Crippen LogP contribution in [0.4, 0.5) is 4.79 Å². The zero-order valence-electron chi connectivity index (χ0n) is 17.4. The van der Waals surface area contributed by atoms with Crippen LogP contribution in [0.25, 0.3) is 5.53 Å². The summed E-state index contributed by atoms with van der Waals surface area (Å²) >= 11 is 0. The first-order valence-electron chi connectivity index (χ1n) is 9.33. The topological polar surface area (TPSA) is 138 Å². The maximum Gasteiger partial charge on any atom is 0.463 e. The number of rotatable bonds is 7. The summed E-state index contributed by atoms with van der Waals surface area (Å²) in [5, 5.41) is 2.42. The van der Waals surface area contributed by atoms with Gasteiger partial charge in [0.25, 0.3) is 0 Å². The zero-order chi connectivity index (χ0) is 23.1. The summed E-state index contributed by atoms with van der Waals surface area (Å²) in [5.41, 5.74) is 9.50. The lowest BCUT2D eigenvalue weighted by Gasteiger charge is -2.36. The summed E-state index contributed by atoms with van der Waals surface area (Å²) in [6, 6.07) is 4.66. The second-order valence-corrected chi connectivity index (χ2v) is 6.40. The van der Waals surface area contributed by atoms with Crippen LogP contribution in [-0.2, 0) is 30.3 Å². The lowest BCUT2D eigenvalue weighted by molar-refractivity contribution is -0.142. The van der Waals surface area contributed by atoms with Crippen molar-refractivity contribution in [3.8, 4) is 0 Å². The van der Waals surface area contributed by atoms with Crippen LogP contribution in [0.3, 0.4) is 0 Å². The Balaban J connectivity index is 2.79. The molecule has 0 spiro atoms. The fraction of sp³-hybridized carbons (Fsp3) is 0.286. The smallest absolute Gasteiger partial charge is 0.463 e. The predicted octanol–water partition coefficient (Wildman–Crippen LogP) is 1.69. The molecule has 162 valence electrons. The van der Waals surface area contributed by atoms with E-state index in [1.54, 1.807) is 37.3 Å². The number of carbonyl (C=O) groups excluding carboxylic acids is 4. The van der Waals surface area contributed by atoms with Crippen LogP contribution in [-0.4, -0.2) is 53.0 Å². The molecule has 1 aromatic rings. The first-order valence-corrected chi connectivity index (χ1v) is 9.33. The van der Waals surface area contributed by atoms with Gasteiger partial charge in [0.05, 0.1) is 19.3 Å². The first kappa shape index (κ1) is 23.2. The van der Waals surface area contributed by atoms with Crippen LogP contribution < -0.4 is 5.32 Å². The largest absolute Gasteiger partial charge is 0.463 e. The Morgan fingerprint density at radius 1 is 1.32 bits per heavy atom. The molecule has 31 heavy (non-hydrogen) atoms. The standard InChI is InChI=1S/C21H22N4O6/c1-5-9-13-10-7-8-11-14(13)17-15(19(27)31-6-2)12(3)23-21(29)25(17)18(26)16(24-22)20(28)30-4/h5,7-8,10-11,17H,1,6,9H2,2-4H3,(H,23,29). The van der Waals surface area contributed by atoms with Gasteiger partial charge in [-0.05, 0) is 31.4 Å². The quantitative estimate of drug-likeness (QED) is 0.176. The SMILES string of the molecule is C=CCc1ccccc1C1C(C(=O)OCC)=C(C)NC(=O)N1C(=O)C(=[N+]=[N-])C(=O)OC. The molecule has 10 heteroatoms. The van der Waals surface area contributed by atoms with Crippen molar-refractivity contribution in [2.45, 2.75) is 26.3 Å². The van der Waals surface area contributed by atoms with E-state index in [9.17, 15) is 24.7 Å². The van der Waals surface area contributed by atoms with E-state index in [4.69, 9.17) is 4.74 Å². The molecule has 1 heterocycles. The minimum absolute atomic E-state index is 0.00605. The van der Waals surface area contributed by atoms with Crippen LogP contribution in [0.2, 0.25) is 0 Å². The third-order valence-corrected chi connectivity index (χ3v) is 4.56. The van der Waals surface area contributed by atoms with Crippen molar-refractivity contribution in [2.24, 2.45) is 0 Å². The number of ether oxygens (including phenoxy) is 2. The van der Waals surface area contributed by atoms with Gasteiger partial charge >= 0.3 is 29.6 Å². The summed E-state index contributed by atoms with van der Waals surface area (Å²) < 4.78 is 9.61. The molecular weight excluding hydrogens is 404 g/mol. The summed E-state index contributed by atoms with van der Waals surface area (Å²) in [6.07, 6.45) is 2.01. The van der Waals surface area contributed by atoms with Crippen molar-refractivity contribution in [3.05, 3.63) is 64.8 Å². The monoisotopic (exact) mass is 426 g/mol. The van der Waals surface area contributed by atoms with Gasteiger partial charge in [0.15, 0.2) is 0 Å². The molecule has 1 aliphatic heterocycles. The summed E-state index contributed by atoms with van der Waals surface area (Å²) in [7, 11) is 0.988. The van der Waals surface area contributed by atoms with Crippen LogP contribution in [0.1, 0.15) is 31.0 Å². The third-order valence-electron chi connectivity index (χ3n) is 4.56. The molecule has 0 bridgehead atoms. The Morgan fingerprint density at radius 2 is 2.00 bits per heavy atom. The van der Waals surface area contributed by atoms with Crippen molar-refractivity contribution < 1.29 is 33.4 Å². The predicted molar refractivity (Wildman–Crippen MR) is 108 cm³/mol. The van der Waals surface area contributed by atoms with E-state index >= 15 is 0 Å². The van der Waals surface area contributed by atoms with Gasteiger partial charge in [-0.15, -0.1) is 6.58 Å². The molecular formula is C21H22N4O6. The van der Waals surface area contributed by atoms with Crippen molar-refractivity contribution in [1.29, 1.82) is 0 Å². The number of imide groups is 1. The van der Waals surface area contributed by atoms with Crippen LogP contribution in [0.5, 0.6) is 0 Å². The number of hydrogen-bond acceptors (Lipinski definition) is 6. The highest BCUT2D eigenvalue weighted by Gasteiger charge is 2.48. The van der Waals surface area contributed by atoms with Gasteiger partial charge in [0.2, 0.25) is 0 Å². The van der Waals surface area contributed by atoms with Gasteiger partial charge in [-0.3, -0.25) is 4.79 Å². The normalized spacial score (nSPS) is 15.5. The van der Waals surface area contributed by atoms with E-state index in [0.717, 1.165) is 7.11 Å². The Labute approximate surface area is 178 Å². The Morgan fingerprint density at radius 3 is 2.58 bits per heavy atom. The number of hydrogen-bond donors (Lipinski definition) is 1. The Bertz CT molecular complexity index is 1020. The fourth-order valence-electron chi connectivity index (χ4n) is 3.24. The maximum absolute atomic E-state index is 13.1. The molecule has 10 nitrogen and oxygen atoms in total. The minimum Gasteiger partial charge on any atom is -0.463 e. The maximum atomic E-state index is 13.1. The number of esters is 2. The van der Waals surface area contributed by atoms with Gasteiger partial charge in [-0.25, -0.2) is 19.3 Å². The van der Waals surface area contributed by atoms with Gasteiger partial charge < -0.3 is 20.3 Å². The van der Waals surface area contributed by atoms with Gasteiger partial charge in [-0.2, -0.15) is 4.79 Å². The molecule has 3 amide bonds. The van der Waals surface area contributed by atoms with Gasteiger partial charge in [0, 0.05) is 5.70 Å². The molecule has 0 aromatic heterocycles. The van der Waals surface area contributed by atoms with Crippen molar-refractivity contribution in [3.63, 3.8) is 0 Å². The molecule has 1 aliphatic rings. The number of amides is 3. The zero-order valence-corrected chi connectivity index (χ0v) is 17.4. The second-order valence-electron chi connectivity index (χ2n) is 6.40. The molecule has 2 rings (SSSR count). The van der Waals surface area contributed by atoms with Crippen LogP contribution >= 0.6 is 0 Å². The number of urea groups is 1. The number of nitrogens with zero attached hydrogens (tertiary/aromatic N) is 3. The Hall–Kier alpha value is -4.04. The lowest BCUT2D eigenvalue weighted by atomic mass is 9.89. The van der Waals surface area contributed by atoms with E-state index < -0.39 is 35.6 Å². The van der Waals surface area contributed by atoms with Crippen molar-refractivity contribution in [2.75, 3.05) is 13.7 Å². The average Bonchev–Trinajstić information content (AvgIpc) is 2.74. The first-order chi connectivity index (χ1) is 14.8. The molecule has 0 aliphatic carbocycles. The number of carbonyl (C=O) groups is 4. The van der Waals surface area contributed by atoms with E-state index in [1.807, 2.05) is 0 Å². The van der Waals surface area contributed by atoms with E-state index in [1.165, 1.54) is 6.92 Å². The van der Waals surface area contributed by atoms with E-state index in [-0.39, 0.29) is 17.9 Å². The highest BCUT2D eigenvalue weighted by molar-refractivity contribution is 6.62. The molecule has 0 radical (unpaired) electrons. The summed E-state index contributed by atoms with van der Waals surface area (Å²) in [4.78, 5) is 54.0. The molecule has 1 aromatic carbocycles. The Kier molecular flexibility index (Phi) is 7.59. The average molecular weight is 426 g/mol. The third kappa shape index (κ3) is 4.59. The van der Waals surface area contributed by atoms with Crippen LogP contribution in [0.15, 0.2) is 48.2 Å². The van der Waals surface area contributed by atoms with E-state index in [0.29, 0.717) is 22.4 Å². The van der Waals surface area contributed by atoms with Gasteiger partial charge in [0.1, 0.15) is 6.04 Å². The second kappa shape index (κ2) is 10.1. The molecule has 1 unspecified atom stereocenters. The molecule has 1 atom stereocenters. The molecule has 0 saturated carbocycles. The van der Waals surface area contributed by atoms with E-state index in [2.05, 4.69) is 21.4 Å². The van der Waals surface area contributed by atoms with Crippen molar-refractivity contribution in [1.82, 2.24) is 10.2 Å². The minimum atomic E-state index is -1.25. The molecule has 1 N–H and O–H groups in total. The molecule has 0 fully saturated rings. The number of benzene rings is 1. The number of methoxy groups -OCH3 is 1. The summed E-state index contributed by atoms with van der Waals surface area (Å²) in [6.45, 7) is 6.88. The lowest BCUT2D eigenvalue weighted by Crippen LogP contribution is -2.54. The number of nitrogens with one attached hydrogen (secondary N) is 1. The summed E-state index contributed by atoms with van der Waals surface area (Å²) in [5.74, 6) is -3.25. The number of allylic oxidation sites excluding steroid dienone is 2. The highest BCUT2D eigenvalue weighted by Crippen LogP contribution is 2.36. The van der Waals surface area contributed by atoms with Crippen LogP contribution in [0, 0.1) is 0 Å². The van der Waals surface area contributed by atoms with Gasteiger partial charge in [-0.1, -0.05) is 30.3 Å². The highest BCUT2D eigenvalue weighted by atomic mass is 16.5. The molecule has 0 saturated heterocycles. The fourth-order valence-corrected chi connectivity index (χ4v) is 3.24.